The fraction of sp³-hybridized carbons (Fsp3) is 0.310. The summed E-state index contributed by atoms with van der Waals surface area (Å²) in [6.07, 6.45) is -4.05. The maximum Gasteiger partial charge on any atom is 0.418 e. The molecule has 3 N–H and O–H groups in total. The van der Waals surface area contributed by atoms with Crippen LogP contribution in [0.15, 0.2) is 66.7 Å². The van der Waals surface area contributed by atoms with E-state index in [-0.39, 0.29) is 37.2 Å². The summed E-state index contributed by atoms with van der Waals surface area (Å²) in [6, 6.07) is 16.8. The van der Waals surface area contributed by atoms with Crippen molar-refractivity contribution in [3.8, 4) is 11.5 Å². The third kappa shape index (κ3) is 6.84. The van der Waals surface area contributed by atoms with Crippen LogP contribution in [-0.2, 0) is 22.3 Å². The lowest BCUT2D eigenvalue weighted by Crippen LogP contribution is -2.48. The van der Waals surface area contributed by atoms with E-state index in [1.807, 2.05) is 0 Å². The Bertz CT molecular complexity index is 1320. The molecule has 8 nitrogen and oxygen atoms in total. The Hall–Kier alpha value is -4.25. The highest BCUT2D eigenvalue weighted by Gasteiger charge is 2.42. The molecule has 40 heavy (non-hydrogen) atoms. The summed E-state index contributed by atoms with van der Waals surface area (Å²) < 4.78 is 55.8. The van der Waals surface area contributed by atoms with E-state index in [1.165, 1.54) is 32.4 Å². The summed E-state index contributed by atoms with van der Waals surface area (Å²) >= 11 is 0. The van der Waals surface area contributed by atoms with Gasteiger partial charge in [-0.2, -0.15) is 13.2 Å². The molecule has 0 bridgehead atoms. The summed E-state index contributed by atoms with van der Waals surface area (Å²) in [7, 11) is 2.98. The fourth-order valence-corrected chi connectivity index (χ4v) is 4.37. The summed E-state index contributed by atoms with van der Waals surface area (Å²) in [4.78, 5) is 26.1. The minimum atomic E-state index is -4.48. The van der Waals surface area contributed by atoms with Crippen molar-refractivity contribution in [2.24, 2.45) is 5.41 Å². The number of rotatable bonds is 10. The molecule has 0 radical (unpaired) electrons. The van der Waals surface area contributed by atoms with Crippen LogP contribution in [0.3, 0.4) is 0 Å². The van der Waals surface area contributed by atoms with E-state index < -0.39 is 17.2 Å². The van der Waals surface area contributed by atoms with E-state index in [1.54, 1.807) is 42.5 Å². The molecule has 11 heteroatoms. The van der Waals surface area contributed by atoms with Gasteiger partial charge in [0.1, 0.15) is 11.5 Å². The summed E-state index contributed by atoms with van der Waals surface area (Å²) in [5, 5.41) is 8.53. The zero-order valence-electron chi connectivity index (χ0n) is 22.1. The number of hydrogen-bond acceptors (Lipinski definition) is 6. The van der Waals surface area contributed by atoms with Crippen molar-refractivity contribution >= 4 is 23.2 Å². The molecular formula is C29H30F3N3O5. The average Bonchev–Trinajstić information content (AvgIpc) is 3.45. The van der Waals surface area contributed by atoms with Gasteiger partial charge in [-0.15, -0.1) is 0 Å². The van der Waals surface area contributed by atoms with Gasteiger partial charge >= 0.3 is 6.18 Å². The molecule has 3 aromatic carbocycles. The van der Waals surface area contributed by atoms with E-state index >= 15 is 0 Å². The Labute approximate surface area is 229 Å². The molecule has 0 aromatic heterocycles. The quantitative estimate of drug-likeness (QED) is 0.328. The van der Waals surface area contributed by atoms with Gasteiger partial charge in [0.05, 0.1) is 37.5 Å². The third-order valence-corrected chi connectivity index (χ3v) is 6.70. The zero-order valence-corrected chi connectivity index (χ0v) is 22.1. The highest BCUT2D eigenvalue weighted by Crippen LogP contribution is 2.36. The predicted octanol–water partition coefficient (Wildman–Crippen LogP) is 4.92. The van der Waals surface area contributed by atoms with Gasteiger partial charge in [0.15, 0.2) is 0 Å². The van der Waals surface area contributed by atoms with Gasteiger partial charge in [-0.3, -0.25) is 9.59 Å². The van der Waals surface area contributed by atoms with Crippen LogP contribution in [0.2, 0.25) is 0 Å². The number of methoxy groups -OCH3 is 2. The van der Waals surface area contributed by atoms with Crippen molar-refractivity contribution in [3.63, 3.8) is 0 Å². The first kappa shape index (κ1) is 28.8. The first-order valence-electron chi connectivity index (χ1n) is 12.5. The first-order valence-corrected chi connectivity index (χ1v) is 12.5. The molecule has 1 aliphatic heterocycles. The highest BCUT2D eigenvalue weighted by molar-refractivity contribution is 5.95. The molecule has 1 atom stereocenters. The number of anilines is 2. The van der Waals surface area contributed by atoms with Crippen molar-refractivity contribution < 1.29 is 37.0 Å². The Balaban J connectivity index is 1.36. The molecule has 0 unspecified atom stereocenters. The number of carbonyl (C=O) groups excluding carboxylic acids is 2. The van der Waals surface area contributed by atoms with Gasteiger partial charge in [-0.05, 0) is 48.4 Å². The van der Waals surface area contributed by atoms with Crippen LogP contribution in [0.5, 0.6) is 11.5 Å². The topological polar surface area (TPSA) is 97.9 Å². The Kier molecular flexibility index (Phi) is 8.83. The monoisotopic (exact) mass is 557 g/mol. The Morgan fingerprint density at radius 3 is 2.23 bits per heavy atom. The molecule has 0 spiro atoms. The Morgan fingerprint density at radius 2 is 1.62 bits per heavy atom. The van der Waals surface area contributed by atoms with Gasteiger partial charge in [0, 0.05) is 37.0 Å². The van der Waals surface area contributed by atoms with Crippen LogP contribution < -0.4 is 25.4 Å². The standard InChI is InChI=1S/C29H30F3N3O5/c1-38-22-13-20(14-23(15-22)39-2)26(36)34-17-28(11-12-40-18-28)27(37)33-16-19-7-9-21(10-8-19)35-25-6-4-3-5-24(25)29(30,31)32/h3-10,13-15,35H,11-12,16-18H2,1-2H3,(H,33,37)(H,34,36)/t28-/m0/s1. The number of para-hydroxylation sites is 1. The molecule has 212 valence electrons. The minimum absolute atomic E-state index is 0.0475. The van der Waals surface area contributed by atoms with E-state index in [2.05, 4.69) is 16.0 Å². The van der Waals surface area contributed by atoms with Crippen molar-refractivity contribution in [1.29, 1.82) is 0 Å². The van der Waals surface area contributed by atoms with Crippen molar-refractivity contribution in [2.75, 3.05) is 39.3 Å². The lowest BCUT2D eigenvalue weighted by molar-refractivity contribution is -0.137. The van der Waals surface area contributed by atoms with Gasteiger partial charge < -0.3 is 30.2 Å². The second kappa shape index (κ2) is 12.3. The van der Waals surface area contributed by atoms with Crippen LogP contribution in [0.4, 0.5) is 24.5 Å². The fourth-order valence-electron chi connectivity index (χ4n) is 4.37. The van der Waals surface area contributed by atoms with Crippen molar-refractivity contribution in [1.82, 2.24) is 10.6 Å². The molecule has 1 heterocycles. The van der Waals surface area contributed by atoms with Crippen LogP contribution >= 0.6 is 0 Å². The molecule has 0 saturated carbocycles. The second-order valence-corrected chi connectivity index (χ2v) is 9.41. The molecule has 0 aliphatic carbocycles. The maximum absolute atomic E-state index is 13.3. The van der Waals surface area contributed by atoms with Gasteiger partial charge in [0.2, 0.25) is 5.91 Å². The van der Waals surface area contributed by atoms with E-state index in [4.69, 9.17) is 14.2 Å². The van der Waals surface area contributed by atoms with E-state index in [0.29, 0.717) is 35.8 Å². The predicted molar refractivity (Wildman–Crippen MR) is 143 cm³/mol. The second-order valence-electron chi connectivity index (χ2n) is 9.41. The number of alkyl halides is 3. The number of ether oxygens (including phenoxy) is 3. The number of halogens is 3. The minimum Gasteiger partial charge on any atom is -0.497 e. The van der Waals surface area contributed by atoms with Crippen LogP contribution in [-0.4, -0.2) is 45.8 Å². The number of amides is 2. The van der Waals surface area contributed by atoms with Crippen LogP contribution in [0.25, 0.3) is 0 Å². The number of nitrogens with one attached hydrogen (secondary N) is 3. The van der Waals surface area contributed by atoms with Crippen molar-refractivity contribution in [3.05, 3.63) is 83.4 Å². The SMILES string of the molecule is COc1cc(OC)cc(C(=O)NC[C@@]2(C(=O)NCc3ccc(Nc4ccccc4C(F)(F)F)cc3)CCOC2)c1. The van der Waals surface area contributed by atoms with E-state index in [0.717, 1.165) is 11.6 Å². The summed E-state index contributed by atoms with van der Waals surface area (Å²) in [5.41, 5.74) is -0.186. The third-order valence-electron chi connectivity index (χ3n) is 6.70. The maximum atomic E-state index is 13.3. The van der Waals surface area contributed by atoms with Gasteiger partial charge in [-0.1, -0.05) is 24.3 Å². The lowest BCUT2D eigenvalue weighted by atomic mass is 9.86. The smallest absolute Gasteiger partial charge is 0.418 e. The van der Waals surface area contributed by atoms with Crippen LogP contribution in [0, 0.1) is 5.41 Å². The molecule has 1 fully saturated rings. The molecule has 3 aromatic rings. The summed E-state index contributed by atoms with van der Waals surface area (Å²) in [6.45, 7) is 0.803. The zero-order chi connectivity index (χ0) is 28.8. The summed E-state index contributed by atoms with van der Waals surface area (Å²) in [5.74, 6) is 0.278. The largest absolute Gasteiger partial charge is 0.497 e. The highest BCUT2D eigenvalue weighted by atomic mass is 19.4. The Morgan fingerprint density at radius 1 is 0.950 bits per heavy atom. The number of benzene rings is 3. The van der Waals surface area contributed by atoms with E-state index in [9.17, 15) is 22.8 Å². The molecule has 1 aliphatic rings. The normalized spacial score (nSPS) is 16.7. The molecule has 1 saturated heterocycles. The first-order chi connectivity index (χ1) is 19.1. The molecule has 2 amide bonds. The number of hydrogen-bond donors (Lipinski definition) is 3. The van der Waals surface area contributed by atoms with Gasteiger partial charge in [-0.25, -0.2) is 0 Å². The average molecular weight is 558 g/mol. The number of carbonyl (C=O) groups is 2. The van der Waals surface area contributed by atoms with Gasteiger partial charge in [0.25, 0.3) is 5.91 Å². The lowest BCUT2D eigenvalue weighted by Gasteiger charge is -2.26. The van der Waals surface area contributed by atoms with Crippen LogP contribution in [0.1, 0.15) is 27.9 Å². The molecular weight excluding hydrogens is 527 g/mol. The molecule has 4 rings (SSSR count). The van der Waals surface area contributed by atoms with Crippen molar-refractivity contribution in [2.45, 2.75) is 19.1 Å².